The minimum Gasteiger partial charge on any atom is -0.468 e. The van der Waals surface area contributed by atoms with Crippen LogP contribution in [0.3, 0.4) is 0 Å². The molecule has 25 heavy (non-hydrogen) atoms. The van der Waals surface area contributed by atoms with E-state index in [0.717, 1.165) is 5.56 Å². The molecule has 5 nitrogen and oxygen atoms in total. The zero-order chi connectivity index (χ0) is 18.0. The summed E-state index contributed by atoms with van der Waals surface area (Å²) in [5, 5.41) is -0.716. The predicted molar refractivity (Wildman–Crippen MR) is 94.8 cm³/mol. The number of benzene rings is 2. The van der Waals surface area contributed by atoms with E-state index in [2.05, 4.69) is 0 Å². The van der Waals surface area contributed by atoms with E-state index in [9.17, 15) is 13.2 Å². The van der Waals surface area contributed by atoms with Crippen molar-refractivity contribution in [1.82, 2.24) is 4.90 Å². The monoisotopic (exact) mass is 359 g/mol. The molecule has 0 amide bonds. The second kappa shape index (κ2) is 6.98. The molecular formula is C19H21NO4S. The number of rotatable bonds is 4. The second-order valence-corrected chi connectivity index (χ2v) is 8.36. The van der Waals surface area contributed by atoms with Crippen LogP contribution < -0.4 is 0 Å². The summed E-state index contributed by atoms with van der Waals surface area (Å²) >= 11 is 0. The average Bonchev–Trinajstić information content (AvgIpc) is 3.00. The Balaban J connectivity index is 2.07. The number of ether oxygens (including phenoxy) is 1. The van der Waals surface area contributed by atoms with Crippen molar-refractivity contribution in [2.45, 2.75) is 28.6 Å². The number of likely N-dealkylation sites (tertiary alicyclic amines) is 1. The Morgan fingerprint density at radius 1 is 1.04 bits per heavy atom. The molecule has 0 spiro atoms. The molecule has 6 heteroatoms. The van der Waals surface area contributed by atoms with E-state index in [1.54, 1.807) is 37.4 Å². The second-order valence-electron chi connectivity index (χ2n) is 6.19. The van der Waals surface area contributed by atoms with E-state index in [-0.39, 0.29) is 11.3 Å². The highest BCUT2D eigenvalue weighted by molar-refractivity contribution is 7.92. The van der Waals surface area contributed by atoms with Crippen molar-refractivity contribution in [2.24, 2.45) is 0 Å². The van der Waals surface area contributed by atoms with Crippen molar-refractivity contribution in [3.05, 3.63) is 66.2 Å². The van der Waals surface area contributed by atoms with Gasteiger partial charge in [0.1, 0.15) is 6.04 Å². The van der Waals surface area contributed by atoms with Crippen LogP contribution in [0.4, 0.5) is 0 Å². The Kier molecular flexibility index (Phi) is 4.92. The molecule has 2 aromatic carbocycles. The van der Waals surface area contributed by atoms with Crippen LogP contribution in [0, 0.1) is 0 Å². The van der Waals surface area contributed by atoms with Gasteiger partial charge < -0.3 is 4.74 Å². The number of likely N-dealkylation sites (N-methyl/N-ethyl adjacent to an activating group) is 1. The largest absolute Gasteiger partial charge is 0.468 e. The van der Waals surface area contributed by atoms with Crippen molar-refractivity contribution in [1.29, 1.82) is 0 Å². The predicted octanol–water partition coefficient (Wildman–Crippen LogP) is 2.45. The minimum atomic E-state index is -3.59. The fraction of sp³-hybridized carbons (Fsp3) is 0.316. The number of hydrogen-bond donors (Lipinski definition) is 0. The first-order chi connectivity index (χ1) is 12.0. The van der Waals surface area contributed by atoms with Crippen LogP contribution >= 0.6 is 0 Å². The third-order valence-corrected chi connectivity index (χ3v) is 7.00. The van der Waals surface area contributed by atoms with Crippen LogP contribution in [0.15, 0.2) is 65.6 Å². The molecule has 0 bridgehead atoms. The van der Waals surface area contributed by atoms with E-state index in [4.69, 9.17) is 4.74 Å². The average molecular weight is 359 g/mol. The number of sulfone groups is 1. The van der Waals surface area contributed by atoms with Gasteiger partial charge in [-0.3, -0.25) is 9.69 Å². The fourth-order valence-corrected chi connectivity index (χ4v) is 5.56. The maximum absolute atomic E-state index is 13.2. The van der Waals surface area contributed by atoms with Gasteiger partial charge in [-0.05, 0) is 31.2 Å². The Hall–Kier alpha value is -2.18. The summed E-state index contributed by atoms with van der Waals surface area (Å²) in [5.41, 5.74) is 0.876. The van der Waals surface area contributed by atoms with Gasteiger partial charge in [-0.2, -0.15) is 0 Å². The molecule has 1 aliphatic heterocycles. The van der Waals surface area contributed by atoms with Crippen molar-refractivity contribution in [3.63, 3.8) is 0 Å². The molecule has 0 N–H and O–H groups in total. The van der Waals surface area contributed by atoms with Gasteiger partial charge in [0, 0.05) is 0 Å². The molecule has 0 aliphatic carbocycles. The Bertz CT molecular complexity index is 836. The van der Waals surface area contributed by atoms with Crippen LogP contribution in [0.1, 0.15) is 18.0 Å². The van der Waals surface area contributed by atoms with Gasteiger partial charge in [-0.25, -0.2) is 8.42 Å². The van der Waals surface area contributed by atoms with Gasteiger partial charge in [-0.15, -0.1) is 0 Å². The highest BCUT2D eigenvalue weighted by Gasteiger charge is 2.49. The normalized spacial score (nSPS) is 24.2. The molecule has 132 valence electrons. The van der Waals surface area contributed by atoms with E-state index >= 15 is 0 Å². The first-order valence-corrected chi connectivity index (χ1v) is 9.65. The number of carbonyl (C=O) groups is 1. The lowest BCUT2D eigenvalue weighted by Crippen LogP contribution is -2.35. The lowest BCUT2D eigenvalue weighted by atomic mass is 10.0. The van der Waals surface area contributed by atoms with Crippen molar-refractivity contribution < 1.29 is 17.9 Å². The molecule has 3 rings (SSSR count). The van der Waals surface area contributed by atoms with Gasteiger partial charge in [-0.1, -0.05) is 48.5 Å². The van der Waals surface area contributed by atoms with Crippen LogP contribution in [0.2, 0.25) is 0 Å². The standard InChI is InChI=1S/C19H21NO4S/c1-20-16(19(21)24-2)13-17(18(20)14-9-5-3-6-10-14)25(22,23)15-11-7-4-8-12-15/h3-12,16-18H,13H2,1-2H3/t16-,17+,18-/m1/s1. The number of nitrogens with zero attached hydrogens (tertiary/aromatic N) is 1. The van der Waals surface area contributed by atoms with Crippen LogP contribution in [0.25, 0.3) is 0 Å². The first kappa shape index (κ1) is 17.6. The molecule has 1 saturated heterocycles. The molecule has 0 unspecified atom stereocenters. The highest BCUT2D eigenvalue weighted by atomic mass is 32.2. The highest BCUT2D eigenvalue weighted by Crippen LogP contribution is 2.41. The molecule has 0 saturated carbocycles. The van der Waals surface area contributed by atoms with Gasteiger partial charge in [0.25, 0.3) is 0 Å². The summed E-state index contributed by atoms with van der Waals surface area (Å²) in [4.78, 5) is 14.2. The number of carbonyl (C=O) groups excluding carboxylic acids is 1. The Morgan fingerprint density at radius 2 is 1.60 bits per heavy atom. The quantitative estimate of drug-likeness (QED) is 0.785. The molecule has 2 aromatic rings. The van der Waals surface area contributed by atoms with Crippen molar-refractivity contribution >= 4 is 15.8 Å². The summed E-state index contributed by atoms with van der Waals surface area (Å²) in [5.74, 6) is -0.408. The third kappa shape index (κ3) is 3.19. The van der Waals surface area contributed by atoms with Crippen molar-refractivity contribution in [3.8, 4) is 0 Å². The number of esters is 1. The van der Waals surface area contributed by atoms with Gasteiger partial charge in [0.2, 0.25) is 0 Å². The van der Waals surface area contributed by atoms with Crippen LogP contribution in [-0.2, 0) is 19.4 Å². The van der Waals surface area contributed by atoms with E-state index in [1.807, 2.05) is 35.2 Å². The van der Waals surface area contributed by atoms with E-state index < -0.39 is 33.1 Å². The summed E-state index contributed by atoms with van der Waals surface area (Å²) in [6, 6.07) is 16.8. The summed E-state index contributed by atoms with van der Waals surface area (Å²) in [7, 11) is -0.489. The zero-order valence-electron chi connectivity index (χ0n) is 14.2. The van der Waals surface area contributed by atoms with Gasteiger partial charge in [0.05, 0.1) is 23.3 Å². The topological polar surface area (TPSA) is 63.7 Å². The minimum absolute atomic E-state index is 0.208. The maximum atomic E-state index is 13.2. The maximum Gasteiger partial charge on any atom is 0.323 e. The van der Waals surface area contributed by atoms with E-state index in [1.165, 1.54) is 7.11 Å². The molecule has 1 fully saturated rings. The van der Waals surface area contributed by atoms with E-state index in [0.29, 0.717) is 0 Å². The zero-order valence-corrected chi connectivity index (χ0v) is 15.0. The fourth-order valence-electron chi connectivity index (χ4n) is 3.55. The molecule has 0 aromatic heterocycles. The molecular weight excluding hydrogens is 338 g/mol. The van der Waals surface area contributed by atoms with Gasteiger partial charge >= 0.3 is 5.97 Å². The summed E-state index contributed by atoms with van der Waals surface area (Å²) < 4.78 is 31.4. The SMILES string of the molecule is COC(=O)[C@H]1C[C@H](S(=O)(=O)c2ccccc2)[C@@H](c2ccccc2)N1C. The molecule has 1 aliphatic rings. The van der Waals surface area contributed by atoms with Crippen LogP contribution in [0.5, 0.6) is 0 Å². The molecule has 0 radical (unpaired) electrons. The third-order valence-electron chi connectivity index (χ3n) is 4.82. The smallest absolute Gasteiger partial charge is 0.323 e. The molecule has 1 heterocycles. The molecule has 3 atom stereocenters. The van der Waals surface area contributed by atoms with Crippen molar-refractivity contribution in [2.75, 3.05) is 14.2 Å². The Labute approximate surface area is 148 Å². The summed E-state index contributed by atoms with van der Waals surface area (Å²) in [6.07, 6.45) is 0.208. The number of hydrogen-bond acceptors (Lipinski definition) is 5. The summed E-state index contributed by atoms with van der Waals surface area (Å²) in [6.45, 7) is 0. The van der Waals surface area contributed by atoms with Crippen LogP contribution in [-0.4, -0.2) is 44.7 Å². The number of methoxy groups -OCH3 is 1. The Morgan fingerprint density at radius 3 is 2.16 bits per heavy atom. The lowest BCUT2D eigenvalue weighted by Gasteiger charge is -2.27. The first-order valence-electron chi connectivity index (χ1n) is 8.10. The lowest BCUT2D eigenvalue weighted by molar-refractivity contribution is -0.145. The van der Waals surface area contributed by atoms with Gasteiger partial charge in [0.15, 0.2) is 9.84 Å².